The summed E-state index contributed by atoms with van der Waals surface area (Å²) in [6, 6.07) is 13.1. The molecule has 0 atom stereocenters. The summed E-state index contributed by atoms with van der Waals surface area (Å²) in [5.41, 5.74) is 8.82. The van der Waals surface area contributed by atoms with E-state index in [9.17, 15) is 0 Å². The van der Waals surface area contributed by atoms with Crippen LogP contribution in [0.25, 0.3) is 10.9 Å². The molecule has 3 rings (SSSR count). The number of anilines is 3. The monoisotopic (exact) mass is 246 g/mol. The molecule has 19 heavy (non-hydrogen) atoms. The zero-order valence-electron chi connectivity index (χ0n) is 10.2. The highest BCUT2D eigenvalue weighted by atomic mass is 15.0. The molecule has 4 nitrogen and oxygen atoms in total. The van der Waals surface area contributed by atoms with Crippen molar-refractivity contribution in [1.29, 1.82) is 0 Å². The van der Waals surface area contributed by atoms with Gasteiger partial charge < -0.3 is 11.1 Å². The average Bonchev–Trinajstić information content (AvgIpc) is 2.38. The van der Waals surface area contributed by atoms with Gasteiger partial charge in [0.2, 0.25) is 0 Å². The Morgan fingerprint density at radius 3 is 2.79 bits per heavy atom. The van der Waals surface area contributed by atoms with Crippen molar-refractivity contribution in [2.75, 3.05) is 11.1 Å². The van der Waals surface area contributed by atoms with E-state index in [-0.39, 0.29) is 0 Å². The second-order valence-electron chi connectivity index (χ2n) is 4.25. The van der Waals surface area contributed by atoms with Crippen molar-refractivity contribution in [3.63, 3.8) is 0 Å². The van der Waals surface area contributed by atoms with Gasteiger partial charge in [-0.3, -0.25) is 0 Å². The van der Waals surface area contributed by atoms with Crippen LogP contribution >= 0.6 is 0 Å². The van der Waals surface area contributed by atoms with E-state index in [2.05, 4.69) is 15.3 Å². The summed E-state index contributed by atoms with van der Waals surface area (Å²) in [6.07, 6.45) is 1.51. The molecule has 0 saturated heterocycles. The van der Waals surface area contributed by atoms with Gasteiger partial charge in [-0.25, -0.2) is 9.97 Å². The number of fused-ring (bicyclic) bond motifs is 1. The van der Waals surface area contributed by atoms with E-state index in [0.717, 1.165) is 22.4 Å². The van der Waals surface area contributed by atoms with Crippen LogP contribution in [0.1, 0.15) is 0 Å². The lowest BCUT2D eigenvalue weighted by Gasteiger charge is -2.09. The quantitative estimate of drug-likeness (QED) is 0.534. The van der Waals surface area contributed by atoms with Crippen LogP contribution in [0.2, 0.25) is 0 Å². The van der Waals surface area contributed by atoms with Crippen LogP contribution in [0.15, 0.2) is 48.8 Å². The first-order valence-corrected chi connectivity index (χ1v) is 5.85. The number of hydrogen-bond donors (Lipinski definition) is 2. The third-order valence-electron chi connectivity index (χ3n) is 2.81. The molecule has 0 aliphatic heterocycles. The van der Waals surface area contributed by atoms with E-state index in [4.69, 9.17) is 13.6 Å². The highest BCUT2D eigenvalue weighted by molar-refractivity contribution is 6.32. The zero-order valence-corrected chi connectivity index (χ0v) is 10.2. The summed E-state index contributed by atoms with van der Waals surface area (Å²) in [7, 11) is 5.76. The van der Waals surface area contributed by atoms with Crippen molar-refractivity contribution in [3.05, 3.63) is 48.8 Å². The molecule has 1 aromatic heterocycles. The molecule has 90 valence electrons. The first-order chi connectivity index (χ1) is 9.22. The summed E-state index contributed by atoms with van der Waals surface area (Å²) >= 11 is 0. The van der Waals surface area contributed by atoms with Crippen LogP contribution in [0.4, 0.5) is 17.2 Å². The Balaban J connectivity index is 2.06. The van der Waals surface area contributed by atoms with Gasteiger partial charge in [0, 0.05) is 16.8 Å². The Labute approximate surface area is 112 Å². The molecule has 0 amide bonds. The van der Waals surface area contributed by atoms with Gasteiger partial charge in [0.05, 0.1) is 5.52 Å². The normalized spacial score (nSPS) is 10.5. The molecule has 0 saturated carbocycles. The van der Waals surface area contributed by atoms with E-state index < -0.39 is 0 Å². The molecule has 2 aromatic carbocycles. The molecule has 0 aliphatic rings. The van der Waals surface area contributed by atoms with Gasteiger partial charge in [-0.1, -0.05) is 17.6 Å². The van der Waals surface area contributed by atoms with Crippen molar-refractivity contribution in [2.45, 2.75) is 0 Å². The number of hydrogen-bond acceptors (Lipinski definition) is 4. The van der Waals surface area contributed by atoms with E-state index in [1.807, 2.05) is 42.5 Å². The third kappa shape index (κ3) is 2.35. The molecular weight excluding hydrogens is 235 g/mol. The molecule has 3 aromatic rings. The number of nitrogen functional groups attached to an aromatic ring is 1. The molecule has 1 heterocycles. The predicted molar refractivity (Wildman–Crippen MR) is 79.1 cm³/mol. The maximum Gasteiger partial charge on any atom is 0.141 e. The second-order valence-corrected chi connectivity index (χ2v) is 4.25. The summed E-state index contributed by atoms with van der Waals surface area (Å²) in [5.74, 6) is 0.732. The van der Waals surface area contributed by atoms with Crippen LogP contribution in [-0.2, 0) is 0 Å². The molecule has 0 fully saturated rings. The lowest BCUT2D eigenvalue weighted by atomic mass is 9.96. The van der Waals surface area contributed by atoms with Gasteiger partial charge in [0.25, 0.3) is 0 Å². The van der Waals surface area contributed by atoms with Gasteiger partial charge in [-0.2, -0.15) is 0 Å². The lowest BCUT2D eigenvalue weighted by molar-refractivity contribution is 1.22. The zero-order chi connectivity index (χ0) is 13.2. The van der Waals surface area contributed by atoms with Crippen LogP contribution in [0.5, 0.6) is 0 Å². The van der Waals surface area contributed by atoms with Gasteiger partial charge in [-0.05, 0) is 30.3 Å². The van der Waals surface area contributed by atoms with Gasteiger partial charge in [0.15, 0.2) is 0 Å². The number of benzene rings is 2. The molecular formula is C14H11BN4. The first kappa shape index (κ1) is 11.5. The van der Waals surface area contributed by atoms with Gasteiger partial charge >= 0.3 is 0 Å². The number of nitrogens with one attached hydrogen (secondary N) is 1. The minimum atomic E-state index is 0.682. The Morgan fingerprint density at radius 2 is 1.95 bits per heavy atom. The topological polar surface area (TPSA) is 63.8 Å². The number of nitrogens with two attached hydrogens (primary N) is 1. The Bertz CT molecular complexity index is 742. The molecule has 0 spiro atoms. The second kappa shape index (κ2) is 4.61. The highest BCUT2D eigenvalue weighted by Crippen LogP contribution is 2.23. The van der Waals surface area contributed by atoms with E-state index in [1.165, 1.54) is 6.33 Å². The van der Waals surface area contributed by atoms with Crippen LogP contribution in [0.3, 0.4) is 0 Å². The van der Waals surface area contributed by atoms with Crippen LogP contribution < -0.4 is 16.5 Å². The summed E-state index contributed by atoms with van der Waals surface area (Å²) in [6.45, 7) is 0. The van der Waals surface area contributed by atoms with Gasteiger partial charge in [-0.15, -0.1) is 0 Å². The fourth-order valence-corrected chi connectivity index (χ4v) is 1.93. The average molecular weight is 246 g/mol. The lowest BCUT2D eigenvalue weighted by Crippen LogP contribution is -2.03. The van der Waals surface area contributed by atoms with Crippen LogP contribution in [-0.4, -0.2) is 17.8 Å². The van der Waals surface area contributed by atoms with Crippen molar-refractivity contribution in [3.8, 4) is 0 Å². The number of aromatic nitrogens is 2. The maximum atomic E-state index is 5.76. The minimum absolute atomic E-state index is 0.682. The molecule has 5 heteroatoms. The van der Waals surface area contributed by atoms with Crippen LogP contribution in [0, 0.1) is 0 Å². The van der Waals surface area contributed by atoms with Gasteiger partial charge in [0.1, 0.15) is 20.0 Å². The number of rotatable bonds is 2. The summed E-state index contributed by atoms with van der Waals surface area (Å²) in [5, 5.41) is 4.15. The van der Waals surface area contributed by atoms with Crippen molar-refractivity contribution in [2.24, 2.45) is 0 Å². The Kier molecular flexibility index (Phi) is 2.80. The smallest absolute Gasteiger partial charge is 0.141 e. The standard InChI is InChI=1S/C14H11BN4/c15-9-2-1-3-11(6-9)19-14-12-5-4-10(16)7-13(12)17-8-18-14/h1-8H,16H2,(H,17,18,19). The summed E-state index contributed by atoms with van der Waals surface area (Å²) in [4.78, 5) is 8.46. The number of nitrogens with zero attached hydrogens (tertiary/aromatic N) is 2. The SMILES string of the molecule is [B]c1cccc(Nc2ncnc3cc(N)ccc23)c1. The Hall–Kier alpha value is -2.56. The predicted octanol–water partition coefficient (Wildman–Crippen LogP) is 1.75. The fourth-order valence-electron chi connectivity index (χ4n) is 1.93. The third-order valence-corrected chi connectivity index (χ3v) is 2.81. The minimum Gasteiger partial charge on any atom is -0.399 e. The van der Waals surface area contributed by atoms with E-state index >= 15 is 0 Å². The maximum absolute atomic E-state index is 5.76. The fraction of sp³-hybridized carbons (Fsp3) is 0. The molecule has 2 radical (unpaired) electrons. The van der Waals surface area contributed by atoms with E-state index in [0.29, 0.717) is 11.2 Å². The summed E-state index contributed by atoms with van der Waals surface area (Å²) < 4.78 is 0. The molecule has 3 N–H and O–H groups in total. The van der Waals surface area contributed by atoms with Crippen molar-refractivity contribution in [1.82, 2.24) is 9.97 Å². The molecule has 0 unspecified atom stereocenters. The molecule has 0 aliphatic carbocycles. The van der Waals surface area contributed by atoms with Crippen molar-refractivity contribution >= 4 is 41.4 Å². The Morgan fingerprint density at radius 1 is 1.05 bits per heavy atom. The largest absolute Gasteiger partial charge is 0.399 e. The first-order valence-electron chi connectivity index (χ1n) is 5.85. The van der Waals surface area contributed by atoms with Crippen molar-refractivity contribution < 1.29 is 0 Å². The molecule has 0 bridgehead atoms. The highest BCUT2D eigenvalue weighted by Gasteiger charge is 2.04. The van der Waals surface area contributed by atoms with E-state index in [1.54, 1.807) is 0 Å².